The van der Waals surface area contributed by atoms with E-state index in [-0.39, 0.29) is 0 Å². The van der Waals surface area contributed by atoms with Gasteiger partial charge in [-0.15, -0.1) is 0 Å². The zero-order valence-electron chi connectivity index (χ0n) is 15.7. The molecule has 2 rings (SSSR count). The highest BCUT2D eigenvalue weighted by Gasteiger charge is 2.39. The fraction of sp³-hybridized carbons (Fsp3) is 0.190. The van der Waals surface area contributed by atoms with E-state index in [1.54, 1.807) is 36.4 Å². The molecule has 0 spiro atoms. The number of hydrogen-bond acceptors (Lipinski definition) is 5. The molecule has 154 valence electrons. The first-order valence-electron chi connectivity index (χ1n) is 8.40. The summed E-state index contributed by atoms with van der Waals surface area (Å²) >= 11 is 0. The zero-order valence-corrected chi connectivity index (χ0v) is 15.7. The first-order valence-corrected chi connectivity index (χ1v) is 8.40. The van der Waals surface area contributed by atoms with Crippen molar-refractivity contribution < 1.29 is 36.9 Å². The van der Waals surface area contributed by atoms with Crippen LogP contribution in [0.15, 0.2) is 78.1 Å². The summed E-state index contributed by atoms with van der Waals surface area (Å²) in [7, 11) is 2.11. The van der Waals surface area contributed by atoms with Crippen LogP contribution >= 0.6 is 0 Å². The first kappa shape index (κ1) is 21.9. The van der Waals surface area contributed by atoms with Gasteiger partial charge in [-0.05, 0) is 30.3 Å². The summed E-state index contributed by atoms with van der Waals surface area (Å²) in [6, 6.07) is 15.4. The SMILES string of the molecule is CO/C=C(C(=O)OC)\C(=C/COc1cccc(Oc2ccccc2)c1)C(F)(F)F. The Morgan fingerprint density at radius 2 is 1.62 bits per heavy atom. The number of esters is 1. The van der Waals surface area contributed by atoms with Gasteiger partial charge in [-0.1, -0.05) is 24.3 Å². The summed E-state index contributed by atoms with van der Waals surface area (Å²) in [5, 5.41) is 0. The van der Waals surface area contributed by atoms with E-state index >= 15 is 0 Å². The van der Waals surface area contributed by atoms with Gasteiger partial charge in [0.15, 0.2) is 0 Å². The summed E-state index contributed by atoms with van der Waals surface area (Å²) in [5.74, 6) is 0.194. The average molecular weight is 408 g/mol. The molecule has 0 aliphatic heterocycles. The number of alkyl halides is 3. The number of hydrogen-bond donors (Lipinski definition) is 0. The van der Waals surface area contributed by atoms with Crippen LogP contribution in [0.4, 0.5) is 13.2 Å². The maximum atomic E-state index is 13.4. The number of carbonyl (C=O) groups is 1. The fourth-order valence-corrected chi connectivity index (χ4v) is 2.30. The third-order valence-corrected chi connectivity index (χ3v) is 3.56. The molecule has 0 fully saturated rings. The first-order chi connectivity index (χ1) is 13.8. The highest BCUT2D eigenvalue weighted by Crippen LogP contribution is 2.32. The smallest absolute Gasteiger partial charge is 0.417 e. The van der Waals surface area contributed by atoms with Crippen molar-refractivity contribution in [1.82, 2.24) is 0 Å². The van der Waals surface area contributed by atoms with E-state index in [9.17, 15) is 18.0 Å². The molecule has 8 heteroatoms. The second-order valence-corrected chi connectivity index (χ2v) is 5.58. The van der Waals surface area contributed by atoms with E-state index in [4.69, 9.17) is 9.47 Å². The Bertz CT molecular complexity index is 873. The number of carbonyl (C=O) groups excluding carboxylic acids is 1. The van der Waals surface area contributed by atoms with Gasteiger partial charge in [0, 0.05) is 6.07 Å². The quantitative estimate of drug-likeness (QED) is 0.265. The standard InChI is InChI=1S/C21H19F3O5/c1-26-14-18(20(25)27-2)19(21(22,23)24)11-12-28-16-9-6-10-17(13-16)29-15-7-4-3-5-8-15/h3-11,13-14H,12H2,1-2H3/b18-14+,19-11+. The molecule has 0 radical (unpaired) electrons. The Morgan fingerprint density at radius 3 is 2.24 bits per heavy atom. The summed E-state index contributed by atoms with van der Waals surface area (Å²) < 4.78 is 60.1. The van der Waals surface area contributed by atoms with Gasteiger partial charge in [0.1, 0.15) is 29.4 Å². The van der Waals surface area contributed by atoms with Crippen molar-refractivity contribution in [1.29, 1.82) is 0 Å². The van der Waals surface area contributed by atoms with Gasteiger partial charge in [-0.25, -0.2) is 4.79 Å². The molecule has 0 heterocycles. The van der Waals surface area contributed by atoms with E-state index < -0.39 is 29.9 Å². The van der Waals surface area contributed by atoms with Gasteiger partial charge >= 0.3 is 12.1 Å². The molecule has 0 atom stereocenters. The third-order valence-electron chi connectivity index (χ3n) is 3.56. The monoisotopic (exact) mass is 408 g/mol. The minimum absolute atomic E-state index is 0.298. The Labute approximate surface area is 166 Å². The van der Waals surface area contributed by atoms with Crippen molar-refractivity contribution in [3.8, 4) is 17.2 Å². The molecule has 0 saturated carbocycles. The van der Waals surface area contributed by atoms with Crippen molar-refractivity contribution in [2.75, 3.05) is 20.8 Å². The number of methoxy groups -OCH3 is 2. The molecule has 29 heavy (non-hydrogen) atoms. The summed E-state index contributed by atoms with van der Waals surface area (Å²) in [5.41, 5.74) is -1.98. The minimum atomic E-state index is -4.81. The number of benzene rings is 2. The maximum absolute atomic E-state index is 13.4. The molecule has 0 amide bonds. The number of rotatable bonds is 8. The van der Waals surface area contributed by atoms with Crippen LogP contribution in [0.5, 0.6) is 17.2 Å². The van der Waals surface area contributed by atoms with Crippen LogP contribution in [-0.4, -0.2) is 33.0 Å². The van der Waals surface area contributed by atoms with Gasteiger partial charge in [-0.2, -0.15) is 13.2 Å². The van der Waals surface area contributed by atoms with Crippen LogP contribution in [0.2, 0.25) is 0 Å². The normalized spacial score (nSPS) is 12.3. The van der Waals surface area contributed by atoms with Crippen LogP contribution in [0.3, 0.4) is 0 Å². The zero-order chi connectivity index (χ0) is 21.3. The predicted molar refractivity (Wildman–Crippen MR) is 99.7 cm³/mol. The molecule has 0 unspecified atom stereocenters. The second kappa shape index (κ2) is 10.2. The molecule has 0 aliphatic carbocycles. The molecule has 0 aliphatic rings. The van der Waals surface area contributed by atoms with Gasteiger partial charge in [0.05, 0.1) is 26.1 Å². The molecule has 2 aromatic carbocycles. The molecule has 5 nitrogen and oxygen atoms in total. The van der Waals surface area contributed by atoms with E-state index in [1.165, 1.54) is 0 Å². The van der Waals surface area contributed by atoms with Crippen molar-refractivity contribution >= 4 is 5.97 Å². The van der Waals surface area contributed by atoms with Gasteiger partial charge < -0.3 is 18.9 Å². The summed E-state index contributed by atoms with van der Waals surface area (Å²) in [4.78, 5) is 11.7. The Kier molecular flexibility index (Phi) is 7.70. The largest absolute Gasteiger partial charge is 0.503 e. The molecule has 0 N–H and O–H groups in total. The highest BCUT2D eigenvalue weighted by molar-refractivity contribution is 5.93. The van der Waals surface area contributed by atoms with Crippen molar-refractivity contribution in [2.45, 2.75) is 6.18 Å². The lowest BCUT2D eigenvalue weighted by Gasteiger charge is -2.14. The molecule has 2 aromatic rings. The third kappa shape index (κ3) is 6.60. The lowest BCUT2D eigenvalue weighted by molar-refractivity contribution is -0.138. The number of para-hydroxylation sites is 1. The van der Waals surface area contributed by atoms with Crippen LogP contribution in [0.1, 0.15) is 0 Å². The van der Waals surface area contributed by atoms with Crippen LogP contribution in [0, 0.1) is 0 Å². The van der Waals surface area contributed by atoms with E-state index in [1.807, 2.05) is 18.2 Å². The number of halogens is 3. The van der Waals surface area contributed by atoms with E-state index in [2.05, 4.69) is 9.47 Å². The van der Waals surface area contributed by atoms with Crippen LogP contribution in [0.25, 0.3) is 0 Å². The van der Waals surface area contributed by atoms with Gasteiger partial charge in [0.25, 0.3) is 0 Å². The van der Waals surface area contributed by atoms with E-state index in [0.717, 1.165) is 20.3 Å². The minimum Gasteiger partial charge on any atom is -0.503 e. The lowest BCUT2D eigenvalue weighted by Crippen LogP contribution is -2.20. The number of ether oxygens (including phenoxy) is 4. The maximum Gasteiger partial charge on any atom is 0.417 e. The molecule has 0 bridgehead atoms. The van der Waals surface area contributed by atoms with E-state index in [0.29, 0.717) is 23.5 Å². The van der Waals surface area contributed by atoms with Crippen LogP contribution < -0.4 is 9.47 Å². The van der Waals surface area contributed by atoms with Crippen molar-refractivity contribution in [2.24, 2.45) is 0 Å². The summed E-state index contributed by atoms with van der Waals surface area (Å²) in [6.07, 6.45) is -3.38. The van der Waals surface area contributed by atoms with Gasteiger partial charge in [0.2, 0.25) is 0 Å². The topological polar surface area (TPSA) is 54.0 Å². The molecular weight excluding hydrogens is 389 g/mol. The lowest BCUT2D eigenvalue weighted by atomic mass is 10.1. The molecule has 0 saturated heterocycles. The van der Waals surface area contributed by atoms with Gasteiger partial charge in [-0.3, -0.25) is 0 Å². The Balaban J connectivity index is 2.15. The Morgan fingerprint density at radius 1 is 0.966 bits per heavy atom. The predicted octanol–water partition coefficient (Wildman–Crippen LogP) is 5.05. The van der Waals surface area contributed by atoms with Crippen molar-refractivity contribution in [3.05, 3.63) is 78.1 Å². The van der Waals surface area contributed by atoms with Crippen molar-refractivity contribution in [3.63, 3.8) is 0 Å². The second-order valence-electron chi connectivity index (χ2n) is 5.58. The fourth-order valence-electron chi connectivity index (χ4n) is 2.30. The van der Waals surface area contributed by atoms with Crippen LogP contribution in [-0.2, 0) is 14.3 Å². The molecular formula is C21H19F3O5. The Hall–Kier alpha value is -3.42. The average Bonchev–Trinajstić information content (AvgIpc) is 2.69. The highest BCUT2D eigenvalue weighted by atomic mass is 19.4. The summed E-state index contributed by atoms with van der Waals surface area (Å²) in [6.45, 7) is -0.443. The molecule has 0 aromatic heterocycles.